The van der Waals surface area contributed by atoms with Crippen LogP contribution in [0.2, 0.25) is 0 Å². The van der Waals surface area contributed by atoms with Gasteiger partial charge in [0.1, 0.15) is 6.04 Å². The lowest BCUT2D eigenvalue weighted by molar-refractivity contribution is -0.139. The van der Waals surface area contributed by atoms with Crippen molar-refractivity contribution in [2.45, 2.75) is 30.7 Å². The average molecular weight is 379 g/mol. The number of carbonyl (C=O) groups is 2. The predicted molar refractivity (Wildman–Crippen MR) is 79.1 cm³/mol. The van der Waals surface area contributed by atoms with Crippen LogP contribution in [0.3, 0.4) is 0 Å². The van der Waals surface area contributed by atoms with Crippen LogP contribution in [0.1, 0.15) is 18.4 Å². The first-order chi connectivity index (χ1) is 9.63. The van der Waals surface area contributed by atoms with Crippen molar-refractivity contribution < 1.29 is 23.1 Å². The van der Waals surface area contributed by atoms with Crippen LogP contribution in [0, 0.1) is 6.92 Å². The number of primary amides is 1. The summed E-state index contributed by atoms with van der Waals surface area (Å²) in [6, 6.07) is 3.24. The Morgan fingerprint density at radius 1 is 1.43 bits per heavy atom. The van der Waals surface area contributed by atoms with Gasteiger partial charge in [0.2, 0.25) is 15.9 Å². The van der Waals surface area contributed by atoms with E-state index < -0.39 is 27.9 Å². The first-order valence-electron chi connectivity index (χ1n) is 5.93. The lowest BCUT2D eigenvalue weighted by Crippen LogP contribution is -2.41. The number of carbonyl (C=O) groups excluding carboxylic acids is 1. The Bertz CT molecular complexity index is 660. The van der Waals surface area contributed by atoms with Crippen molar-refractivity contribution in [1.29, 1.82) is 0 Å². The maximum atomic E-state index is 12.3. The topological polar surface area (TPSA) is 127 Å². The van der Waals surface area contributed by atoms with Crippen LogP contribution in [0.5, 0.6) is 0 Å². The molecule has 0 fully saturated rings. The Morgan fingerprint density at radius 2 is 2.05 bits per heavy atom. The molecule has 4 N–H and O–H groups in total. The number of hydrogen-bond donors (Lipinski definition) is 3. The predicted octanol–water partition coefficient (Wildman–Crippen LogP) is 0.755. The molecule has 21 heavy (non-hydrogen) atoms. The number of aryl methyl sites for hydroxylation is 1. The van der Waals surface area contributed by atoms with Crippen LogP contribution >= 0.6 is 15.9 Å². The Labute approximate surface area is 130 Å². The standard InChI is InChI=1S/C12H15BrN2O5S/c1-7-2-3-8(13)6-10(7)21(19,20)15-9(12(17)18)4-5-11(14)16/h2-3,6,9,15H,4-5H2,1H3,(H2,14,16)(H,17,18)/t9-/m1/s1. The molecule has 1 amide bonds. The number of hydrogen-bond acceptors (Lipinski definition) is 4. The van der Waals surface area contributed by atoms with E-state index in [0.717, 1.165) is 0 Å². The number of nitrogens with one attached hydrogen (secondary N) is 1. The van der Waals surface area contributed by atoms with Gasteiger partial charge in [0.25, 0.3) is 0 Å². The molecule has 0 saturated heterocycles. The Kier molecular flexibility index (Phi) is 5.87. The third-order valence-corrected chi connectivity index (χ3v) is 4.82. The molecule has 0 heterocycles. The lowest BCUT2D eigenvalue weighted by atomic mass is 10.2. The van der Waals surface area contributed by atoms with Gasteiger partial charge in [-0.3, -0.25) is 9.59 Å². The second-order valence-electron chi connectivity index (χ2n) is 4.43. The van der Waals surface area contributed by atoms with Gasteiger partial charge < -0.3 is 10.8 Å². The molecule has 0 unspecified atom stereocenters. The molecule has 1 atom stereocenters. The first-order valence-corrected chi connectivity index (χ1v) is 8.20. The summed E-state index contributed by atoms with van der Waals surface area (Å²) in [5, 5.41) is 9.03. The van der Waals surface area contributed by atoms with Gasteiger partial charge in [0.05, 0.1) is 4.90 Å². The summed E-state index contributed by atoms with van der Waals surface area (Å²) in [4.78, 5) is 21.8. The van der Waals surface area contributed by atoms with Crippen LogP contribution in [-0.4, -0.2) is 31.4 Å². The zero-order chi connectivity index (χ0) is 16.2. The fourth-order valence-corrected chi connectivity index (χ4v) is 3.64. The zero-order valence-electron chi connectivity index (χ0n) is 11.2. The molecule has 0 aliphatic heterocycles. The number of sulfonamides is 1. The molecule has 0 aliphatic carbocycles. The Hall–Kier alpha value is -1.45. The van der Waals surface area contributed by atoms with E-state index in [2.05, 4.69) is 20.7 Å². The van der Waals surface area contributed by atoms with E-state index in [9.17, 15) is 18.0 Å². The largest absolute Gasteiger partial charge is 0.480 e. The lowest BCUT2D eigenvalue weighted by Gasteiger charge is -2.15. The summed E-state index contributed by atoms with van der Waals surface area (Å²) in [6.07, 6.45) is -0.437. The molecular formula is C12H15BrN2O5S. The monoisotopic (exact) mass is 378 g/mol. The van der Waals surface area contributed by atoms with Crippen molar-refractivity contribution >= 4 is 37.8 Å². The second kappa shape index (κ2) is 7.01. The molecule has 1 rings (SSSR count). The van der Waals surface area contributed by atoms with Crippen molar-refractivity contribution in [2.24, 2.45) is 5.73 Å². The third-order valence-electron chi connectivity index (χ3n) is 2.71. The van der Waals surface area contributed by atoms with Crippen LogP contribution in [-0.2, 0) is 19.6 Å². The molecule has 0 aliphatic rings. The van der Waals surface area contributed by atoms with E-state index in [1.165, 1.54) is 6.07 Å². The summed E-state index contributed by atoms with van der Waals surface area (Å²) in [7, 11) is -4.02. The smallest absolute Gasteiger partial charge is 0.321 e. The van der Waals surface area contributed by atoms with E-state index in [4.69, 9.17) is 10.8 Å². The van der Waals surface area contributed by atoms with Gasteiger partial charge in [0.15, 0.2) is 0 Å². The summed E-state index contributed by atoms with van der Waals surface area (Å²) in [5.41, 5.74) is 5.42. The highest BCUT2D eigenvalue weighted by Crippen LogP contribution is 2.21. The quantitative estimate of drug-likeness (QED) is 0.645. The van der Waals surface area contributed by atoms with Gasteiger partial charge in [-0.25, -0.2) is 8.42 Å². The summed E-state index contributed by atoms with van der Waals surface area (Å²) in [5.74, 6) is -2.06. The van der Waals surface area contributed by atoms with E-state index in [0.29, 0.717) is 10.0 Å². The zero-order valence-corrected chi connectivity index (χ0v) is 13.6. The summed E-state index contributed by atoms with van der Waals surface area (Å²) >= 11 is 3.16. The maximum Gasteiger partial charge on any atom is 0.321 e. The first kappa shape index (κ1) is 17.6. The molecule has 0 spiro atoms. The van der Waals surface area contributed by atoms with Crippen LogP contribution in [0.4, 0.5) is 0 Å². The molecule has 0 saturated carbocycles. The van der Waals surface area contributed by atoms with Gasteiger partial charge >= 0.3 is 5.97 Å². The number of carboxylic acid groups (broad SMARTS) is 1. The molecule has 0 bridgehead atoms. The van der Waals surface area contributed by atoms with Gasteiger partial charge in [-0.05, 0) is 31.0 Å². The molecule has 116 valence electrons. The number of benzene rings is 1. The van der Waals surface area contributed by atoms with Crippen molar-refractivity contribution in [3.05, 3.63) is 28.2 Å². The van der Waals surface area contributed by atoms with E-state index in [1.807, 2.05) is 0 Å². The Balaban J connectivity index is 3.03. The minimum absolute atomic E-state index is 0.0257. The van der Waals surface area contributed by atoms with Crippen molar-refractivity contribution in [3.8, 4) is 0 Å². The highest BCUT2D eigenvalue weighted by atomic mass is 79.9. The van der Waals surface area contributed by atoms with Gasteiger partial charge in [-0.1, -0.05) is 22.0 Å². The van der Waals surface area contributed by atoms with Crippen molar-refractivity contribution in [1.82, 2.24) is 4.72 Å². The van der Waals surface area contributed by atoms with Gasteiger partial charge in [0, 0.05) is 10.9 Å². The van der Waals surface area contributed by atoms with Crippen LogP contribution in [0.25, 0.3) is 0 Å². The molecule has 0 aromatic heterocycles. The van der Waals surface area contributed by atoms with E-state index >= 15 is 0 Å². The average Bonchev–Trinajstić information content (AvgIpc) is 2.36. The van der Waals surface area contributed by atoms with Gasteiger partial charge in [-0.2, -0.15) is 4.72 Å². The van der Waals surface area contributed by atoms with E-state index in [-0.39, 0.29) is 17.7 Å². The maximum absolute atomic E-state index is 12.3. The number of carboxylic acids is 1. The van der Waals surface area contributed by atoms with E-state index in [1.54, 1.807) is 19.1 Å². The molecule has 9 heteroatoms. The SMILES string of the molecule is Cc1ccc(Br)cc1S(=O)(=O)N[C@H](CCC(N)=O)C(=O)O. The van der Waals surface area contributed by atoms with Crippen molar-refractivity contribution in [3.63, 3.8) is 0 Å². The molecular weight excluding hydrogens is 364 g/mol. The molecule has 1 aromatic rings. The van der Waals surface area contributed by atoms with Crippen molar-refractivity contribution in [2.75, 3.05) is 0 Å². The normalized spacial score (nSPS) is 12.9. The number of amides is 1. The van der Waals surface area contributed by atoms with Crippen LogP contribution in [0.15, 0.2) is 27.6 Å². The fourth-order valence-electron chi connectivity index (χ4n) is 1.63. The number of nitrogens with two attached hydrogens (primary N) is 1. The fraction of sp³-hybridized carbons (Fsp3) is 0.333. The highest BCUT2D eigenvalue weighted by Gasteiger charge is 2.26. The minimum Gasteiger partial charge on any atom is -0.480 e. The molecule has 0 radical (unpaired) electrons. The second-order valence-corrected chi connectivity index (χ2v) is 7.02. The number of aliphatic carboxylic acids is 1. The summed E-state index contributed by atoms with van der Waals surface area (Å²) in [6.45, 7) is 1.60. The highest BCUT2D eigenvalue weighted by molar-refractivity contribution is 9.10. The third kappa shape index (κ3) is 5.10. The number of rotatable bonds is 7. The molecule has 1 aromatic carbocycles. The van der Waals surface area contributed by atoms with Crippen LogP contribution < -0.4 is 10.5 Å². The summed E-state index contributed by atoms with van der Waals surface area (Å²) < 4.78 is 27.1. The Morgan fingerprint density at radius 3 is 2.57 bits per heavy atom. The van der Waals surface area contributed by atoms with Gasteiger partial charge in [-0.15, -0.1) is 0 Å². The number of halogens is 1. The molecule has 7 nitrogen and oxygen atoms in total. The minimum atomic E-state index is -4.02.